The Morgan fingerprint density at radius 2 is 1.80 bits per heavy atom. The van der Waals surface area contributed by atoms with Crippen molar-refractivity contribution in [1.82, 2.24) is 4.98 Å². The summed E-state index contributed by atoms with van der Waals surface area (Å²) in [6.45, 7) is 0. The highest BCUT2D eigenvalue weighted by Gasteiger charge is 2.21. The third kappa shape index (κ3) is 3.75. The van der Waals surface area contributed by atoms with E-state index in [9.17, 15) is 13.4 Å². The number of benzene rings is 1. The van der Waals surface area contributed by atoms with E-state index in [1.807, 2.05) is 0 Å². The number of hydrogen-bond donors (Lipinski definition) is 0. The topological polar surface area (TPSA) is 39.2 Å². The summed E-state index contributed by atoms with van der Waals surface area (Å²) in [7, 11) is -3.02. The SMILES string of the molecule is O=C(/C=C(\OB(F)F)c1ccccn1)c1ccccc1. The lowest BCUT2D eigenvalue weighted by atomic mass is 10.1. The monoisotopic (exact) mass is 273 g/mol. The molecule has 0 atom stereocenters. The van der Waals surface area contributed by atoms with Gasteiger partial charge in [0.15, 0.2) is 5.78 Å². The molecule has 0 radical (unpaired) electrons. The number of halogens is 2. The van der Waals surface area contributed by atoms with Crippen molar-refractivity contribution in [2.75, 3.05) is 0 Å². The predicted octanol–water partition coefficient (Wildman–Crippen LogP) is 3.25. The summed E-state index contributed by atoms with van der Waals surface area (Å²) in [4.78, 5) is 15.9. The molecule has 1 aromatic heterocycles. The van der Waals surface area contributed by atoms with Crippen LogP contribution in [0, 0.1) is 0 Å². The van der Waals surface area contributed by atoms with E-state index in [-0.39, 0.29) is 11.5 Å². The van der Waals surface area contributed by atoms with Crippen LogP contribution in [0.1, 0.15) is 16.1 Å². The molecule has 0 amide bonds. The van der Waals surface area contributed by atoms with E-state index in [1.165, 1.54) is 12.3 Å². The second kappa shape index (κ2) is 6.61. The fourth-order valence-electron chi connectivity index (χ4n) is 1.58. The minimum Gasteiger partial charge on any atom is -0.503 e. The number of hydrogen-bond acceptors (Lipinski definition) is 3. The number of pyridine rings is 1. The smallest absolute Gasteiger partial charge is 0.503 e. The molecule has 0 aliphatic heterocycles. The van der Waals surface area contributed by atoms with Gasteiger partial charge in [-0.3, -0.25) is 9.78 Å². The van der Waals surface area contributed by atoms with Crippen LogP contribution in [0.3, 0.4) is 0 Å². The molecule has 0 bridgehead atoms. The average Bonchev–Trinajstić information content (AvgIpc) is 2.48. The van der Waals surface area contributed by atoms with Crippen LogP contribution < -0.4 is 0 Å². The zero-order chi connectivity index (χ0) is 14.4. The normalized spacial score (nSPS) is 11.0. The minimum absolute atomic E-state index is 0.178. The third-order valence-corrected chi connectivity index (χ3v) is 2.45. The summed E-state index contributed by atoms with van der Waals surface area (Å²) in [5, 5.41) is 0. The van der Waals surface area contributed by atoms with Crippen LogP contribution in [0.5, 0.6) is 0 Å². The van der Waals surface area contributed by atoms with Gasteiger partial charge in [-0.05, 0) is 12.1 Å². The van der Waals surface area contributed by atoms with Crippen molar-refractivity contribution in [3.63, 3.8) is 0 Å². The number of carbonyl (C=O) groups is 1. The molecule has 0 spiro atoms. The van der Waals surface area contributed by atoms with Crippen molar-refractivity contribution in [3.8, 4) is 0 Å². The van der Waals surface area contributed by atoms with E-state index in [2.05, 4.69) is 9.64 Å². The van der Waals surface area contributed by atoms with Gasteiger partial charge in [0, 0.05) is 17.8 Å². The van der Waals surface area contributed by atoms with Gasteiger partial charge in [0.05, 0.1) is 0 Å². The molecular formula is C14H10BF2NO2. The molecule has 0 aliphatic carbocycles. The number of ketones is 1. The van der Waals surface area contributed by atoms with Gasteiger partial charge in [-0.15, -0.1) is 0 Å². The minimum atomic E-state index is -3.02. The second-order valence-electron chi connectivity index (χ2n) is 3.83. The number of carbonyl (C=O) groups excluding carboxylic acids is 1. The molecule has 0 unspecified atom stereocenters. The molecule has 1 heterocycles. The summed E-state index contributed by atoms with van der Waals surface area (Å²) in [5.41, 5.74) is 0.566. The van der Waals surface area contributed by atoms with Gasteiger partial charge in [-0.1, -0.05) is 36.4 Å². The van der Waals surface area contributed by atoms with Gasteiger partial charge < -0.3 is 4.65 Å². The fourth-order valence-corrected chi connectivity index (χ4v) is 1.58. The fraction of sp³-hybridized carbons (Fsp3) is 0. The van der Waals surface area contributed by atoms with Crippen molar-refractivity contribution in [2.45, 2.75) is 0 Å². The lowest BCUT2D eigenvalue weighted by molar-refractivity contribution is 0.104. The highest BCUT2D eigenvalue weighted by Crippen LogP contribution is 2.16. The number of aromatic nitrogens is 1. The molecule has 1 aromatic carbocycles. The molecule has 2 rings (SSSR count). The van der Waals surface area contributed by atoms with Crippen molar-refractivity contribution >= 4 is 19.0 Å². The van der Waals surface area contributed by atoms with Gasteiger partial charge in [0.1, 0.15) is 11.5 Å². The first-order chi connectivity index (χ1) is 9.66. The maximum Gasteiger partial charge on any atom is 0.796 e. The first-order valence-electron chi connectivity index (χ1n) is 5.84. The Bertz CT molecular complexity index is 603. The van der Waals surface area contributed by atoms with Crippen LogP contribution in [0.25, 0.3) is 5.76 Å². The Morgan fingerprint density at radius 1 is 1.10 bits per heavy atom. The summed E-state index contributed by atoms with van der Waals surface area (Å²) in [6.07, 6.45) is 2.45. The molecular weight excluding hydrogens is 263 g/mol. The molecule has 0 fully saturated rings. The van der Waals surface area contributed by atoms with Crippen LogP contribution >= 0.6 is 0 Å². The van der Waals surface area contributed by atoms with Crippen molar-refractivity contribution < 1.29 is 18.1 Å². The predicted molar refractivity (Wildman–Crippen MR) is 72.0 cm³/mol. The molecule has 20 heavy (non-hydrogen) atoms. The van der Waals surface area contributed by atoms with Crippen LogP contribution in [-0.4, -0.2) is 18.2 Å². The Balaban J connectivity index is 2.32. The molecule has 100 valence electrons. The van der Waals surface area contributed by atoms with Crippen molar-refractivity contribution in [2.24, 2.45) is 0 Å². The van der Waals surface area contributed by atoms with E-state index >= 15 is 0 Å². The van der Waals surface area contributed by atoms with E-state index in [1.54, 1.807) is 42.5 Å². The summed E-state index contributed by atoms with van der Waals surface area (Å²) < 4.78 is 29.2. The zero-order valence-corrected chi connectivity index (χ0v) is 10.4. The first-order valence-corrected chi connectivity index (χ1v) is 5.84. The highest BCUT2D eigenvalue weighted by molar-refractivity contribution is 6.36. The lowest BCUT2D eigenvalue weighted by Crippen LogP contribution is -2.07. The number of allylic oxidation sites excluding steroid dienone is 1. The van der Waals surface area contributed by atoms with Gasteiger partial charge in [0.25, 0.3) is 0 Å². The van der Waals surface area contributed by atoms with Crippen LogP contribution in [0.2, 0.25) is 0 Å². The summed E-state index contributed by atoms with van der Waals surface area (Å²) in [5.74, 6) is -0.679. The molecule has 0 aliphatic rings. The van der Waals surface area contributed by atoms with Crippen LogP contribution in [0.15, 0.2) is 60.8 Å². The van der Waals surface area contributed by atoms with E-state index in [4.69, 9.17) is 0 Å². The van der Waals surface area contributed by atoms with Crippen molar-refractivity contribution in [3.05, 3.63) is 72.1 Å². The van der Waals surface area contributed by atoms with E-state index in [0.717, 1.165) is 6.08 Å². The van der Waals surface area contributed by atoms with Gasteiger partial charge >= 0.3 is 7.47 Å². The average molecular weight is 273 g/mol. The lowest BCUT2D eigenvalue weighted by Gasteiger charge is -2.07. The van der Waals surface area contributed by atoms with E-state index in [0.29, 0.717) is 5.56 Å². The van der Waals surface area contributed by atoms with E-state index < -0.39 is 13.3 Å². The van der Waals surface area contributed by atoms with Gasteiger partial charge in [0.2, 0.25) is 0 Å². The zero-order valence-electron chi connectivity index (χ0n) is 10.4. The Labute approximate surface area is 115 Å². The molecule has 3 nitrogen and oxygen atoms in total. The van der Waals surface area contributed by atoms with Gasteiger partial charge in [-0.25, -0.2) is 8.63 Å². The first kappa shape index (κ1) is 13.9. The standard InChI is InChI=1S/C14H10BF2NO2/c16-15(17)20-14(12-8-4-5-9-18-12)10-13(19)11-6-2-1-3-7-11/h1-10H/b14-10-. The van der Waals surface area contributed by atoms with Gasteiger partial charge in [-0.2, -0.15) is 0 Å². The highest BCUT2D eigenvalue weighted by atomic mass is 19.2. The maximum absolute atomic E-state index is 12.4. The van der Waals surface area contributed by atoms with Crippen LogP contribution in [0.4, 0.5) is 8.63 Å². The van der Waals surface area contributed by atoms with Crippen molar-refractivity contribution in [1.29, 1.82) is 0 Å². The van der Waals surface area contributed by atoms with Crippen LogP contribution in [-0.2, 0) is 4.65 Å². The second-order valence-corrected chi connectivity index (χ2v) is 3.83. The third-order valence-electron chi connectivity index (χ3n) is 2.45. The Kier molecular flexibility index (Phi) is 4.60. The Hall–Kier alpha value is -2.50. The molecule has 2 aromatic rings. The summed E-state index contributed by atoms with van der Waals surface area (Å²) >= 11 is 0. The molecule has 0 saturated heterocycles. The largest absolute Gasteiger partial charge is 0.796 e. The quantitative estimate of drug-likeness (QED) is 0.363. The Morgan fingerprint density at radius 3 is 2.40 bits per heavy atom. The molecule has 0 N–H and O–H groups in total. The maximum atomic E-state index is 12.4. The number of nitrogens with zero attached hydrogens (tertiary/aromatic N) is 1. The summed E-state index contributed by atoms with van der Waals surface area (Å²) in [6, 6.07) is 13.1. The molecule has 6 heteroatoms. The molecule has 0 saturated carbocycles. The number of rotatable bonds is 5.